The van der Waals surface area contributed by atoms with Gasteiger partial charge >= 0.3 is 5.97 Å². The lowest BCUT2D eigenvalue weighted by molar-refractivity contribution is -0.146. The summed E-state index contributed by atoms with van der Waals surface area (Å²) < 4.78 is 6.40. The fraction of sp³-hybridized carbons (Fsp3) is 0.600. The van der Waals surface area contributed by atoms with Crippen LogP contribution in [-0.4, -0.2) is 57.6 Å². The first-order chi connectivity index (χ1) is 21.9. The molecule has 3 fully saturated rings. The Morgan fingerprint density at radius 3 is 2.35 bits per heavy atom. The van der Waals surface area contributed by atoms with E-state index >= 15 is 0 Å². The number of rotatable bonds is 13. The Morgan fingerprint density at radius 2 is 1.72 bits per heavy atom. The lowest BCUT2D eigenvalue weighted by Crippen LogP contribution is -2.56. The maximum absolute atomic E-state index is 14.4. The molecule has 2 aromatic rings. The highest BCUT2D eigenvalue weighted by atomic mass is 35.5. The lowest BCUT2D eigenvalue weighted by Gasteiger charge is -2.32. The van der Waals surface area contributed by atoms with Gasteiger partial charge in [-0.05, 0) is 74.6 Å². The van der Waals surface area contributed by atoms with Crippen molar-refractivity contribution in [1.82, 2.24) is 15.6 Å². The van der Waals surface area contributed by atoms with Gasteiger partial charge in [0.2, 0.25) is 11.8 Å². The van der Waals surface area contributed by atoms with Crippen molar-refractivity contribution in [3.8, 4) is 5.75 Å². The molecule has 2 amide bonds. The molecular weight excluding hydrogens is 610 g/mol. The van der Waals surface area contributed by atoms with Crippen molar-refractivity contribution in [1.29, 1.82) is 0 Å². The number of fused-ring (bicyclic) bond motifs is 1. The van der Waals surface area contributed by atoms with E-state index in [0.29, 0.717) is 34.5 Å². The highest BCUT2D eigenvalue weighted by Gasteiger charge is 2.54. The predicted molar refractivity (Wildman–Crippen MR) is 172 cm³/mol. The van der Waals surface area contributed by atoms with Crippen LogP contribution in [0.15, 0.2) is 30.5 Å². The average Bonchev–Trinajstić information content (AvgIpc) is 3.70. The van der Waals surface area contributed by atoms with Gasteiger partial charge in [0, 0.05) is 36.8 Å². The Morgan fingerprint density at radius 1 is 1.02 bits per heavy atom. The van der Waals surface area contributed by atoms with Crippen LogP contribution >= 0.6 is 11.6 Å². The van der Waals surface area contributed by atoms with Crippen molar-refractivity contribution in [3.05, 3.63) is 35.5 Å². The molecule has 3 saturated carbocycles. The molecule has 0 aliphatic heterocycles. The van der Waals surface area contributed by atoms with Crippen LogP contribution in [-0.2, 0) is 24.0 Å². The summed E-state index contributed by atoms with van der Waals surface area (Å²) in [6, 6.07) is 5.39. The van der Waals surface area contributed by atoms with Crippen LogP contribution < -0.4 is 15.4 Å². The van der Waals surface area contributed by atoms with Crippen molar-refractivity contribution in [2.45, 2.75) is 103 Å². The van der Waals surface area contributed by atoms with Crippen LogP contribution in [0.25, 0.3) is 10.9 Å². The summed E-state index contributed by atoms with van der Waals surface area (Å²) in [6.07, 6.45) is 6.96. The first-order valence-electron chi connectivity index (χ1n) is 16.5. The number of nitrogens with zero attached hydrogens (tertiary/aromatic N) is 1. The molecular formula is C35H44ClN3O7. The fourth-order valence-corrected chi connectivity index (χ4v) is 7.57. The van der Waals surface area contributed by atoms with E-state index < -0.39 is 47.3 Å². The zero-order chi connectivity index (χ0) is 33.2. The van der Waals surface area contributed by atoms with Crippen molar-refractivity contribution < 1.29 is 33.8 Å². The summed E-state index contributed by atoms with van der Waals surface area (Å²) >= 11 is 6.38. The number of hydrogen-bond donors (Lipinski definition) is 3. The molecule has 5 atom stereocenters. The molecule has 46 heavy (non-hydrogen) atoms. The Bertz CT molecular complexity index is 1500. The number of benzene rings is 1. The largest absolute Gasteiger partial charge is 0.488 e. The van der Waals surface area contributed by atoms with Crippen LogP contribution in [0.1, 0.15) is 85.0 Å². The number of ether oxygens (including phenoxy) is 1. The molecule has 3 aliphatic rings. The van der Waals surface area contributed by atoms with Gasteiger partial charge in [-0.3, -0.25) is 29.0 Å². The molecule has 5 rings (SSSR count). The number of carbonyl (C=O) groups excluding carboxylic acids is 4. The zero-order valence-electron chi connectivity index (χ0n) is 26.7. The summed E-state index contributed by atoms with van der Waals surface area (Å²) in [7, 11) is 0. The second-order valence-electron chi connectivity index (χ2n) is 13.8. The molecule has 248 valence electrons. The number of aromatic nitrogens is 1. The number of halogens is 1. The molecule has 0 radical (unpaired) electrons. The summed E-state index contributed by atoms with van der Waals surface area (Å²) in [5, 5.41) is 16.8. The Labute approximate surface area is 274 Å². The summed E-state index contributed by atoms with van der Waals surface area (Å²) in [4.78, 5) is 70.3. The highest BCUT2D eigenvalue weighted by molar-refractivity contribution is 6.35. The first-order valence-corrected chi connectivity index (χ1v) is 16.8. The summed E-state index contributed by atoms with van der Waals surface area (Å²) in [6.45, 7) is 5.06. The van der Waals surface area contributed by atoms with Gasteiger partial charge in [0.25, 0.3) is 0 Å². The fourth-order valence-electron chi connectivity index (χ4n) is 7.35. The Kier molecular flexibility index (Phi) is 10.3. The SMILES string of the molecule is CC(=O)N[C@H](C(=O)N[C@H](C(=O)C1C[C@H](Oc2ccc(Cl)c3cccnc23)C[C@H]1C(=O)CC1(C(=O)O)CC1)C(C)C)C1CCCCC1. The van der Waals surface area contributed by atoms with Gasteiger partial charge in [0.15, 0.2) is 5.78 Å². The third-order valence-electron chi connectivity index (χ3n) is 10.1. The maximum atomic E-state index is 14.4. The van der Waals surface area contributed by atoms with Gasteiger partial charge in [0.05, 0.1) is 16.5 Å². The van der Waals surface area contributed by atoms with E-state index in [0.717, 1.165) is 32.1 Å². The van der Waals surface area contributed by atoms with E-state index in [-0.39, 0.29) is 48.6 Å². The number of amides is 2. The van der Waals surface area contributed by atoms with Gasteiger partial charge < -0.3 is 20.5 Å². The molecule has 1 aromatic heterocycles. The second-order valence-corrected chi connectivity index (χ2v) is 14.2. The van der Waals surface area contributed by atoms with Gasteiger partial charge in [-0.2, -0.15) is 0 Å². The van der Waals surface area contributed by atoms with Gasteiger partial charge in [-0.1, -0.05) is 44.7 Å². The van der Waals surface area contributed by atoms with Crippen LogP contribution in [0.4, 0.5) is 0 Å². The third kappa shape index (κ3) is 7.37. The smallest absolute Gasteiger partial charge is 0.310 e. The molecule has 0 bridgehead atoms. The minimum absolute atomic E-state index is 0.0206. The molecule has 1 aromatic carbocycles. The third-order valence-corrected chi connectivity index (χ3v) is 10.5. The molecule has 0 spiro atoms. The van der Waals surface area contributed by atoms with E-state index in [1.165, 1.54) is 6.92 Å². The van der Waals surface area contributed by atoms with Crippen molar-refractivity contribution in [3.63, 3.8) is 0 Å². The number of carboxylic acids is 1. The van der Waals surface area contributed by atoms with Gasteiger partial charge in [-0.15, -0.1) is 0 Å². The highest BCUT2D eigenvalue weighted by Crippen LogP contribution is 2.51. The molecule has 1 heterocycles. The zero-order valence-corrected chi connectivity index (χ0v) is 27.5. The van der Waals surface area contributed by atoms with Crippen LogP contribution in [0.3, 0.4) is 0 Å². The van der Waals surface area contributed by atoms with Crippen molar-refractivity contribution in [2.75, 3.05) is 0 Å². The topological polar surface area (TPSA) is 152 Å². The van der Waals surface area contributed by atoms with Crippen LogP contribution in [0.5, 0.6) is 5.75 Å². The average molecular weight is 654 g/mol. The van der Waals surface area contributed by atoms with Gasteiger partial charge in [0.1, 0.15) is 29.2 Å². The number of ketones is 2. The number of nitrogens with one attached hydrogen (secondary N) is 2. The molecule has 0 saturated heterocycles. The van der Waals surface area contributed by atoms with E-state index in [1.54, 1.807) is 24.4 Å². The van der Waals surface area contributed by atoms with Crippen LogP contribution in [0.2, 0.25) is 5.02 Å². The summed E-state index contributed by atoms with van der Waals surface area (Å²) in [5.41, 5.74) is -0.508. The van der Waals surface area contributed by atoms with E-state index in [9.17, 15) is 29.1 Å². The number of Topliss-reactive ketones (excluding diaryl/α,β-unsaturated/α-hetero) is 2. The van der Waals surface area contributed by atoms with Crippen molar-refractivity contribution in [2.24, 2.45) is 29.1 Å². The predicted octanol–water partition coefficient (Wildman–Crippen LogP) is 5.28. The monoisotopic (exact) mass is 653 g/mol. The first kappa shape index (κ1) is 33.8. The summed E-state index contributed by atoms with van der Waals surface area (Å²) in [5.74, 6) is -3.63. The lowest BCUT2D eigenvalue weighted by atomic mass is 9.79. The number of carboxylic acid groups (broad SMARTS) is 1. The number of aliphatic carboxylic acids is 1. The maximum Gasteiger partial charge on any atom is 0.310 e. The molecule has 3 N–H and O–H groups in total. The van der Waals surface area contributed by atoms with E-state index in [4.69, 9.17) is 16.3 Å². The van der Waals surface area contributed by atoms with Gasteiger partial charge in [-0.25, -0.2) is 0 Å². The molecule has 10 nitrogen and oxygen atoms in total. The molecule has 3 aliphatic carbocycles. The molecule has 11 heteroatoms. The number of carbonyl (C=O) groups is 5. The van der Waals surface area contributed by atoms with Crippen LogP contribution in [0, 0.1) is 29.1 Å². The van der Waals surface area contributed by atoms with E-state index in [1.807, 2.05) is 19.9 Å². The Hall–Kier alpha value is -3.53. The second kappa shape index (κ2) is 14.1. The van der Waals surface area contributed by atoms with E-state index in [2.05, 4.69) is 15.6 Å². The number of pyridine rings is 1. The number of hydrogen-bond acceptors (Lipinski definition) is 7. The minimum atomic E-state index is -1.07. The van der Waals surface area contributed by atoms with Crippen molar-refractivity contribution >= 4 is 51.9 Å². The normalized spacial score (nSPS) is 23.8. The quantitative estimate of drug-likeness (QED) is 0.264. The minimum Gasteiger partial charge on any atom is -0.488 e. The Balaban J connectivity index is 1.39. The standard InChI is InChI=1S/C35H44ClN3O7/c1-19(2)29(39-33(43)30(38-20(3)40)21-8-5-4-6-9-21)32(42)25-17-22(16-24(25)27(41)18-35(13-14-35)34(44)45)46-28-12-11-26(36)23-10-7-15-37-31(23)28/h7,10-12,15,19,21-22,24-25,29-30H,4-6,8-9,13-14,16-18H2,1-3H3,(H,38,40)(H,39,43)(H,44,45)/t22-,24-,25?,29+,30+/m1/s1. The molecule has 1 unspecified atom stereocenters.